The van der Waals surface area contributed by atoms with Crippen LogP contribution in [0.2, 0.25) is 0 Å². The van der Waals surface area contributed by atoms with E-state index >= 15 is 0 Å². The number of cyclic esters (lactones) is 2. The predicted molar refractivity (Wildman–Crippen MR) is 273 cm³/mol. The molecule has 76 heavy (non-hydrogen) atoms. The average molecular weight is 1080 g/mol. The van der Waals surface area contributed by atoms with Crippen molar-refractivity contribution in [3.05, 3.63) is 194 Å². The summed E-state index contributed by atoms with van der Waals surface area (Å²) in [6.45, 7) is 4.61. The fraction of sp³-hybridized carbons (Fsp3) is 0.269. The van der Waals surface area contributed by atoms with Gasteiger partial charge in [0.2, 0.25) is 0 Å². The molecule has 0 spiro atoms. The number of alkyl halides is 1. The van der Waals surface area contributed by atoms with Gasteiger partial charge in [0.25, 0.3) is 10.1 Å². The first kappa shape index (κ1) is 59.3. The van der Waals surface area contributed by atoms with Crippen LogP contribution in [0.4, 0.5) is 34.1 Å². The molecule has 6 aromatic rings. The summed E-state index contributed by atoms with van der Waals surface area (Å²) in [7, 11) is -4.68. The zero-order valence-electron chi connectivity index (χ0n) is 42.8. The van der Waals surface area contributed by atoms with Crippen LogP contribution in [-0.2, 0) is 49.8 Å². The Labute approximate surface area is 460 Å². The molecule has 2 aliphatic rings. The fourth-order valence-electron chi connectivity index (χ4n) is 7.10. The summed E-state index contributed by atoms with van der Waals surface area (Å²) in [6.07, 6.45) is -0.208. The maximum absolute atomic E-state index is 15.0. The number of hydrogen-bond donors (Lipinski definition) is 0. The van der Waals surface area contributed by atoms with Crippen molar-refractivity contribution in [2.24, 2.45) is 5.11 Å². The number of benzene rings is 6. The van der Waals surface area contributed by atoms with Gasteiger partial charge in [-0.3, -0.25) is 23.3 Å². The number of nitrogens with zero attached hydrogens (tertiary/aromatic N) is 8. The van der Waals surface area contributed by atoms with Crippen molar-refractivity contribution in [2.45, 2.75) is 52.1 Å². The summed E-state index contributed by atoms with van der Waals surface area (Å²) in [5.74, 6) is 0.354. The molecule has 2 aliphatic heterocycles. The third-order valence-corrected chi connectivity index (χ3v) is 11.3. The molecule has 0 radical (unpaired) electrons. The standard InChI is InChI=1S/C26H26FNO7S.C25H23FN4O4.CH3F.N3.Na/c1-3-18-9-11-24(25(13-18)32-16-19-7-5-4-6-8-19)35-23-12-10-20(14-22(23)27)28-15-21(34-26(28)29)17-33-36(2,30)31;1-2-17-8-10-23(24(12-17)32-16-18-6-4-3-5-7-18)34-22-11-9-19(13-21(22)26)30-15-20(14-28-29-27)33-25(30)31;1-2;1-3-2;/h4-14,21H,3,15-17H2,1-2H3;3-13,20H,2,14-16H2,1H3;1H3;;/q;;;-1;+1/i;;1D;;. The summed E-state index contributed by atoms with van der Waals surface area (Å²) in [6, 6.07) is 38.7. The smallest absolute Gasteiger partial charge is 0.485 e. The number of carbonyl (C=O) groups excluding carboxylic acids is 2. The Kier molecular flexibility index (Phi) is 23.9. The second-order valence-corrected chi connectivity index (χ2v) is 17.6. The molecular weight excluding hydrogens is 1020 g/mol. The van der Waals surface area contributed by atoms with Gasteiger partial charge in [-0.25, -0.2) is 18.4 Å². The molecule has 0 saturated carbocycles. The first-order valence-electron chi connectivity index (χ1n) is 23.5. The van der Waals surface area contributed by atoms with Gasteiger partial charge in [0.05, 0.1) is 45.8 Å². The summed E-state index contributed by atoms with van der Waals surface area (Å²) in [5.41, 5.74) is 26.6. The van der Waals surface area contributed by atoms with Crippen molar-refractivity contribution < 1.29 is 94.7 Å². The minimum atomic E-state index is -3.68. The van der Waals surface area contributed by atoms with Crippen molar-refractivity contribution in [1.29, 1.82) is 0 Å². The van der Waals surface area contributed by atoms with Gasteiger partial charge in [-0.05, 0) is 89.2 Å². The van der Waals surface area contributed by atoms with Gasteiger partial charge in [0.1, 0.15) is 32.0 Å². The van der Waals surface area contributed by atoms with E-state index in [0.717, 1.165) is 47.4 Å². The molecule has 2 amide bonds. The quantitative estimate of drug-likeness (QED) is 0.0243. The van der Waals surface area contributed by atoms with Crippen LogP contribution >= 0.6 is 0 Å². The molecule has 19 nitrogen and oxygen atoms in total. The summed E-state index contributed by atoms with van der Waals surface area (Å²) < 4.78 is 106. The molecular formula is C52H52F3N8NaO11S. The third kappa shape index (κ3) is 18.3. The van der Waals surface area contributed by atoms with Crippen molar-refractivity contribution >= 4 is 33.7 Å². The molecule has 0 aliphatic carbocycles. The first-order valence-corrected chi connectivity index (χ1v) is 24.6. The Balaban J connectivity index is 0.000000299. The molecule has 24 heteroatoms. The summed E-state index contributed by atoms with van der Waals surface area (Å²) in [5, 5.41) is 3.42. The molecule has 2 saturated heterocycles. The van der Waals surface area contributed by atoms with Gasteiger partial charge >= 0.3 is 41.7 Å². The molecule has 394 valence electrons. The van der Waals surface area contributed by atoms with E-state index in [2.05, 4.69) is 10.0 Å². The molecule has 6 aromatic carbocycles. The maximum atomic E-state index is 15.0. The van der Waals surface area contributed by atoms with Crippen LogP contribution in [0.3, 0.4) is 0 Å². The number of hydrogen-bond acceptors (Lipinski definition) is 12. The fourth-order valence-corrected chi connectivity index (χ4v) is 7.50. The van der Waals surface area contributed by atoms with Gasteiger partial charge in [-0.15, -0.1) is 0 Å². The number of carbonyl (C=O) groups is 2. The summed E-state index contributed by atoms with van der Waals surface area (Å²) in [4.78, 5) is 31.0. The number of rotatable bonds is 19. The normalized spacial score (nSPS) is 14.4. The molecule has 2 heterocycles. The van der Waals surface area contributed by atoms with Crippen LogP contribution in [0.5, 0.6) is 34.5 Å². The second kappa shape index (κ2) is 30.7. The SMILES string of the molecule is CCc1ccc(Oc2ccc(N3CC(CN=[N+]=[N-])OC3=O)cc2F)c(OCc2ccccc2)c1.CCc1ccc(Oc2ccc(N3CC(COS(C)(=O)=O)OC3=O)cc2F)c(OCc2ccccc2)c1.[2H]CF.[N-]=[N+]=[N-].[Na+]. The van der Waals surface area contributed by atoms with E-state index in [9.17, 15) is 31.2 Å². The molecule has 0 aromatic heterocycles. The minimum absolute atomic E-state index is 0. The minimum Gasteiger partial charge on any atom is -0.485 e. The van der Waals surface area contributed by atoms with Gasteiger partial charge in [0, 0.05) is 17.0 Å². The predicted octanol–water partition coefficient (Wildman–Crippen LogP) is 9.91. The third-order valence-electron chi connectivity index (χ3n) is 10.8. The number of halogens is 3. The van der Waals surface area contributed by atoms with E-state index in [1.807, 2.05) is 98.8 Å². The molecule has 0 N–H and O–H groups in total. The average Bonchev–Trinajstić information content (AvgIpc) is 3.99. The number of amides is 2. The van der Waals surface area contributed by atoms with Gasteiger partial charge < -0.3 is 39.5 Å². The number of anilines is 2. The zero-order chi connectivity index (χ0) is 55.0. The van der Waals surface area contributed by atoms with Crippen molar-refractivity contribution in [1.82, 2.24) is 0 Å². The monoisotopic (exact) mass is 1080 g/mol. The van der Waals surface area contributed by atoms with Crippen molar-refractivity contribution in [2.75, 3.05) is 49.5 Å². The number of azide groups is 1. The van der Waals surface area contributed by atoms with E-state index in [4.69, 9.17) is 50.6 Å². The van der Waals surface area contributed by atoms with E-state index in [1.54, 1.807) is 18.2 Å². The van der Waals surface area contributed by atoms with E-state index < -0.39 is 53.3 Å². The van der Waals surface area contributed by atoms with Gasteiger partial charge in [-0.1, -0.05) is 91.8 Å². The van der Waals surface area contributed by atoms with Crippen LogP contribution in [-0.4, -0.2) is 72.5 Å². The molecule has 0 bridgehead atoms. The summed E-state index contributed by atoms with van der Waals surface area (Å²) >= 11 is 0. The topological polar surface area (TPSA) is 247 Å². The molecule has 8 rings (SSSR count). The van der Waals surface area contributed by atoms with E-state index in [1.165, 1.54) is 39.0 Å². The molecule has 2 unspecified atom stereocenters. The zero-order valence-corrected chi connectivity index (χ0v) is 44.6. The van der Waals surface area contributed by atoms with Crippen LogP contribution in [0, 0.1) is 11.6 Å². The van der Waals surface area contributed by atoms with Crippen LogP contribution < -0.4 is 58.3 Å². The van der Waals surface area contributed by atoms with Gasteiger partial charge in [0.15, 0.2) is 46.1 Å². The maximum Gasteiger partial charge on any atom is 1.00 e. The number of ether oxygens (including phenoxy) is 6. The Hall–Kier alpha value is -7.62. The van der Waals surface area contributed by atoms with Crippen LogP contribution in [0.25, 0.3) is 26.4 Å². The molecule has 2 atom stereocenters. The Morgan fingerprint density at radius 1 is 0.645 bits per heavy atom. The van der Waals surface area contributed by atoms with Gasteiger partial charge in [-0.2, -0.15) is 8.42 Å². The van der Waals surface area contributed by atoms with E-state index in [0.29, 0.717) is 41.9 Å². The second-order valence-electron chi connectivity index (χ2n) is 16.0. The van der Waals surface area contributed by atoms with E-state index in [-0.39, 0.29) is 73.0 Å². The largest absolute Gasteiger partial charge is 1.00 e. The van der Waals surface area contributed by atoms with Crippen molar-refractivity contribution in [3.8, 4) is 34.5 Å². The Morgan fingerprint density at radius 2 is 1.05 bits per heavy atom. The van der Waals surface area contributed by atoms with Crippen molar-refractivity contribution in [3.63, 3.8) is 0 Å². The molecule has 2 fully saturated rings. The van der Waals surface area contributed by atoms with Crippen LogP contribution in [0.15, 0.2) is 139 Å². The first-order chi connectivity index (χ1) is 36.6. The Morgan fingerprint density at radius 3 is 1.45 bits per heavy atom. The Bertz CT molecular complexity index is 3090. The van der Waals surface area contributed by atoms with Crippen LogP contribution in [0.1, 0.15) is 37.5 Å². The number of aryl methyl sites for hydroxylation is 2.